The number of aromatic nitrogens is 4. The highest BCUT2D eigenvalue weighted by molar-refractivity contribution is 6.99. The molecule has 190 valence electrons. The second kappa shape index (κ2) is 9.95. The number of rotatable bonds is 7. The predicted molar refractivity (Wildman–Crippen MR) is 145 cm³/mol. The van der Waals surface area contributed by atoms with Gasteiger partial charge in [0.1, 0.15) is 12.1 Å². The topological polar surface area (TPSA) is 137 Å². The van der Waals surface area contributed by atoms with Gasteiger partial charge in [-0.05, 0) is 20.9 Å². The van der Waals surface area contributed by atoms with Crippen molar-refractivity contribution in [3.05, 3.63) is 83.6 Å². The summed E-state index contributed by atoms with van der Waals surface area (Å²) in [7, 11) is -2.78. The van der Waals surface area contributed by atoms with E-state index in [4.69, 9.17) is 14.9 Å². The summed E-state index contributed by atoms with van der Waals surface area (Å²) in [4.78, 5) is 11.3. The van der Waals surface area contributed by atoms with E-state index in [-0.39, 0.29) is 11.6 Å². The zero-order valence-corrected chi connectivity index (χ0v) is 22.1. The lowest BCUT2D eigenvalue weighted by atomic mass is 10.1. The summed E-state index contributed by atoms with van der Waals surface area (Å²) in [6.45, 7) is 6.95. The molecule has 3 atom stereocenters. The van der Waals surface area contributed by atoms with Gasteiger partial charge < -0.3 is 14.9 Å². The molecule has 1 aliphatic rings. The van der Waals surface area contributed by atoms with Crippen molar-refractivity contribution in [2.24, 2.45) is 5.11 Å². The lowest BCUT2D eigenvalue weighted by Crippen LogP contribution is -2.67. The van der Waals surface area contributed by atoms with E-state index in [0.717, 1.165) is 0 Å². The minimum absolute atomic E-state index is 0.183. The summed E-state index contributed by atoms with van der Waals surface area (Å²) >= 11 is 0. The highest BCUT2D eigenvalue weighted by Crippen LogP contribution is 2.38. The molecule has 11 heteroatoms. The Kier molecular flexibility index (Phi) is 6.70. The summed E-state index contributed by atoms with van der Waals surface area (Å²) < 4.78 is 15.1. The molecule has 0 unspecified atom stereocenters. The first-order chi connectivity index (χ1) is 17.8. The van der Waals surface area contributed by atoms with Crippen LogP contribution in [0.2, 0.25) is 5.04 Å². The third kappa shape index (κ3) is 4.58. The van der Waals surface area contributed by atoms with Crippen molar-refractivity contribution in [3.63, 3.8) is 0 Å². The molecule has 4 aromatic rings. The number of azide groups is 1. The van der Waals surface area contributed by atoms with Gasteiger partial charge in [-0.15, -0.1) is 5.10 Å². The second-order valence-electron chi connectivity index (χ2n) is 10.2. The van der Waals surface area contributed by atoms with Gasteiger partial charge >= 0.3 is 0 Å². The zero-order valence-electron chi connectivity index (χ0n) is 21.1. The molecule has 1 aliphatic heterocycles. The lowest BCUT2D eigenvalue weighted by Gasteiger charge is -2.43. The van der Waals surface area contributed by atoms with Gasteiger partial charge in [0.05, 0.1) is 24.1 Å². The number of anilines is 1. The normalized spacial score (nSPS) is 20.1. The van der Waals surface area contributed by atoms with Gasteiger partial charge in [0.2, 0.25) is 0 Å². The molecular weight excluding hydrogens is 484 g/mol. The van der Waals surface area contributed by atoms with Crippen molar-refractivity contribution in [2.75, 3.05) is 12.3 Å². The molecule has 3 heterocycles. The lowest BCUT2D eigenvalue weighted by molar-refractivity contribution is -0.0272. The maximum Gasteiger partial charge on any atom is 0.261 e. The van der Waals surface area contributed by atoms with Crippen LogP contribution in [0, 0.1) is 0 Å². The Labute approximate surface area is 216 Å². The van der Waals surface area contributed by atoms with Crippen molar-refractivity contribution in [1.82, 2.24) is 19.7 Å². The number of hydrogen-bond donors (Lipinski definition) is 1. The van der Waals surface area contributed by atoms with Gasteiger partial charge in [-0.3, -0.25) is 0 Å². The molecule has 37 heavy (non-hydrogen) atoms. The molecular formula is C26H30N8O2Si. The second-order valence-corrected chi connectivity index (χ2v) is 14.5. The fourth-order valence-electron chi connectivity index (χ4n) is 5.20. The summed E-state index contributed by atoms with van der Waals surface area (Å²) in [5, 5.41) is 11.4. The Morgan fingerprint density at radius 1 is 1.11 bits per heavy atom. The van der Waals surface area contributed by atoms with Crippen LogP contribution in [0.1, 0.15) is 33.4 Å². The van der Waals surface area contributed by atoms with Gasteiger partial charge in [0, 0.05) is 17.5 Å². The van der Waals surface area contributed by atoms with Gasteiger partial charge in [-0.25, -0.2) is 14.6 Å². The van der Waals surface area contributed by atoms with Gasteiger partial charge in [0.15, 0.2) is 11.9 Å². The van der Waals surface area contributed by atoms with Crippen LogP contribution in [0.5, 0.6) is 0 Å². The molecule has 2 N–H and O–H groups in total. The molecule has 2 aromatic carbocycles. The molecule has 0 amide bonds. The van der Waals surface area contributed by atoms with Crippen LogP contribution < -0.4 is 16.1 Å². The first-order valence-electron chi connectivity index (χ1n) is 12.2. The van der Waals surface area contributed by atoms with Crippen molar-refractivity contribution in [3.8, 4) is 0 Å². The van der Waals surface area contributed by atoms with Crippen LogP contribution in [0.3, 0.4) is 0 Å². The van der Waals surface area contributed by atoms with Crippen molar-refractivity contribution in [1.29, 1.82) is 0 Å². The molecule has 10 nitrogen and oxygen atoms in total. The third-order valence-corrected chi connectivity index (χ3v) is 12.0. The average Bonchev–Trinajstić information content (AvgIpc) is 3.50. The monoisotopic (exact) mass is 514 g/mol. The summed E-state index contributed by atoms with van der Waals surface area (Å²) in [5.41, 5.74) is 15.8. The van der Waals surface area contributed by atoms with E-state index < -0.39 is 26.7 Å². The molecule has 1 fully saturated rings. The molecule has 0 saturated carbocycles. The first-order valence-corrected chi connectivity index (χ1v) is 14.1. The predicted octanol–water partition coefficient (Wildman–Crippen LogP) is 3.95. The van der Waals surface area contributed by atoms with E-state index in [1.165, 1.54) is 16.7 Å². The Morgan fingerprint density at radius 3 is 2.32 bits per heavy atom. The van der Waals surface area contributed by atoms with E-state index >= 15 is 0 Å². The van der Waals surface area contributed by atoms with E-state index in [1.54, 1.807) is 10.9 Å². The SMILES string of the molecule is CC(C)(C)[Si](OC[C@H]1O[C@H](n2cc3c(N)ncnc3n2)C[C@@H]1N=[N+]=[N-])(c1ccccc1)c1ccccc1. The van der Waals surface area contributed by atoms with Crippen molar-refractivity contribution >= 4 is 35.5 Å². The number of benzene rings is 2. The first kappa shape index (κ1) is 24.9. The minimum Gasteiger partial charge on any atom is -0.405 e. The van der Waals surface area contributed by atoms with E-state index in [2.05, 4.69) is 94.4 Å². The minimum atomic E-state index is -2.78. The molecule has 5 rings (SSSR count). The Bertz CT molecular complexity index is 1380. The number of nitrogen functional groups attached to an aromatic ring is 1. The quantitative estimate of drug-likeness (QED) is 0.172. The fraction of sp³-hybridized carbons (Fsp3) is 0.346. The molecule has 0 spiro atoms. The third-order valence-electron chi connectivity index (χ3n) is 6.95. The fourth-order valence-corrected chi connectivity index (χ4v) is 9.77. The Morgan fingerprint density at radius 2 is 1.76 bits per heavy atom. The average molecular weight is 515 g/mol. The number of hydrogen-bond acceptors (Lipinski definition) is 7. The van der Waals surface area contributed by atoms with Crippen molar-refractivity contribution in [2.45, 2.75) is 50.6 Å². The number of fused-ring (bicyclic) bond motifs is 1. The summed E-state index contributed by atoms with van der Waals surface area (Å²) in [5.74, 6) is 0.354. The maximum absolute atomic E-state index is 9.28. The van der Waals surface area contributed by atoms with E-state index in [9.17, 15) is 5.53 Å². The number of ether oxygens (including phenoxy) is 1. The molecule has 0 bridgehead atoms. The Hall–Kier alpha value is -3.76. The van der Waals surface area contributed by atoms with Crippen LogP contribution in [0.4, 0.5) is 5.82 Å². The molecule has 1 saturated heterocycles. The maximum atomic E-state index is 9.28. The highest BCUT2D eigenvalue weighted by atomic mass is 28.4. The highest BCUT2D eigenvalue weighted by Gasteiger charge is 2.51. The number of nitrogens with two attached hydrogens (primary N) is 1. The number of nitrogens with zero attached hydrogens (tertiary/aromatic N) is 7. The molecule has 2 aromatic heterocycles. The van der Waals surface area contributed by atoms with Gasteiger partial charge in [-0.2, -0.15) is 0 Å². The van der Waals surface area contributed by atoms with E-state index in [0.29, 0.717) is 23.3 Å². The molecule has 0 radical (unpaired) electrons. The van der Waals surface area contributed by atoms with Crippen LogP contribution >= 0.6 is 0 Å². The van der Waals surface area contributed by atoms with Crippen LogP contribution in [-0.4, -0.2) is 46.8 Å². The van der Waals surface area contributed by atoms with Gasteiger partial charge in [0.25, 0.3) is 8.32 Å². The Balaban J connectivity index is 1.48. The standard InChI is InChI=1S/C26H30N8O2Si/c1-26(2,3)37(18-10-6-4-7-11-18,19-12-8-5-9-13-19)35-16-22-21(31-33-28)14-23(36-22)34-15-20-24(27)29-17-30-25(20)32-34/h4-13,15,17,21-23H,14,16H2,1-3H3,(H2,27,29,30,32)/t21-,22+,23-/m0/s1. The van der Waals surface area contributed by atoms with E-state index in [1.807, 2.05) is 12.1 Å². The zero-order chi connectivity index (χ0) is 26.0. The summed E-state index contributed by atoms with van der Waals surface area (Å²) in [6.07, 6.45) is 2.72. The largest absolute Gasteiger partial charge is 0.405 e. The smallest absolute Gasteiger partial charge is 0.261 e. The summed E-state index contributed by atoms with van der Waals surface area (Å²) in [6, 6.07) is 20.4. The van der Waals surface area contributed by atoms with Crippen LogP contribution in [-0.2, 0) is 9.16 Å². The molecule has 0 aliphatic carbocycles. The van der Waals surface area contributed by atoms with Crippen LogP contribution in [0.25, 0.3) is 21.5 Å². The van der Waals surface area contributed by atoms with Crippen LogP contribution in [0.15, 0.2) is 78.3 Å². The van der Waals surface area contributed by atoms with Crippen molar-refractivity contribution < 1.29 is 9.16 Å². The van der Waals surface area contributed by atoms with Gasteiger partial charge in [-0.1, -0.05) is 86.5 Å².